The van der Waals surface area contributed by atoms with Gasteiger partial charge in [0.25, 0.3) is 5.69 Å². The molecule has 2 rings (SSSR count). The first-order chi connectivity index (χ1) is 9.08. The number of hydrogen-bond donors (Lipinski definition) is 2. The molecule has 0 bridgehead atoms. The summed E-state index contributed by atoms with van der Waals surface area (Å²) in [6, 6.07) is 6.18. The Morgan fingerprint density at radius 1 is 1.53 bits per heavy atom. The molecule has 0 aliphatic carbocycles. The number of aliphatic hydroxyl groups excluding tert-OH is 1. The van der Waals surface area contributed by atoms with E-state index in [-0.39, 0.29) is 18.1 Å². The minimum atomic E-state index is -0.494. The second-order valence-corrected chi connectivity index (χ2v) is 4.41. The Bertz CT molecular complexity index is 492. The van der Waals surface area contributed by atoms with Crippen LogP contribution in [0.25, 0.3) is 0 Å². The van der Waals surface area contributed by atoms with Crippen LogP contribution < -0.4 is 5.32 Å². The smallest absolute Gasteiger partial charge is 0.292 e. The maximum Gasteiger partial charge on any atom is 0.292 e. The molecule has 1 amide bonds. The van der Waals surface area contributed by atoms with Crippen LogP contribution in [0.2, 0.25) is 0 Å². The Kier molecular flexibility index (Phi) is 3.96. The molecule has 2 N–H and O–H groups in total. The topological polar surface area (TPSA) is 95.7 Å². The lowest BCUT2D eigenvalue weighted by Crippen LogP contribution is -2.34. The summed E-state index contributed by atoms with van der Waals surface area (Å²) < 4.78 is 0. The Morgan fingerprint density at radius 3 is 2.89 bits per heavy atom. The summed E-state index contributed by atoms with van der Waals surface area (Å²) in [5, 5.41) is 22.9. The summed E-state index contributed by atoms with van der Waals surface area (Å²) in [6.45, 7) is 0.841. The number of hydrogen-bond acceptors (Lipinski definition) is 5. The molecule has 0 spiro atoms. The Balaban J connectivity index is 1.95. The predicted octanol–water partition coefficient (Wildman–Crippen LogP) is 0.600. The van der Waals surface area contributed by atoms with Crippen molar-refractivity contribution in [2.24, 2.45) is 0 Å². The molecule has 19 heavy (non-hydrogen) atoms. The summed E-state index contributed by atoms with van der Waals surface area (Å²) in [6.07, 6.45) is 0.118. The molecule has 1 aromatic carbocycles. The number of β-amino-alcohol motifs (C(OH)–C–C–N with tert-alkyl or cyclic N) is 1. The first-order valence-electron chi connectivity index (χ1n) is 6.01. The van der Waals surface area contributed by atoms with Gasteiger partial charge in [-0.2, -0.15) is 0 Å². The van der Waals surface area contributed by atoms with E-state index in [1.807, 2.05) is 0 Å². The number of nitro groups is 1. The van der Waals surface area contributed by atoms with Crippen molar-refractivity contribution in [2.45, 2.75) is 12.5 Å². The molecule has 7 heteroatoms. The van der Waals surface area contributed by atoms with Gasteiger partial charge in [-0.15, -0.1) is 0 Å². The fraction of sp³-hybridized carbons (Fsp3) is 0.417. The zero-order chi connectivity index (χ0) is 13.8. The molecule has 1 atom stereocenters. The van der Waals surface area contributed by atoms with Gasteiger partial charge in [-0.25, -0.2) is 0 Å². The molecular formula is C12H15N3O4. The molecule has 0 aromatic heterocycles. The van der Waals surface area contributed by atoms with Crippen molar-refractivity contribution in [1.82, 2.24) is 4.90 Å². The fourth-order valence-corrected chi connectivity index (χ4v) is 2.03. The fourth-order valence-electron chi connectivity index (χ4n) is 2.03. The van der Waals surface area contributed by atoms with Gasteiger partial charge in [-0.1, -0.05) is 12.1 Å². The number of benzene rings is 1. The van der Waals surface area contributed by atoms with Crippen molar-refractivity contribution in [3.8, 4) is 0 Å². The van der Waals surface area contributed by atoms with Crippen LogP contribution in [0.1, 0.15) is 6.42 Å². The van der Waals surface area contributed by atoms with E-state index in [9.17, 15) is 20.0 Å². The molecule has 7 nitrogen and oxygen atoms in total. The van der Waals surface area contributed by atoms with Crippen LogP contribution in [0.4, 0.5) is 11.4 Å². The summed E-state index contributed by atoms with van der Waals surface area (Å²) in [7, 11) is 0. The monoisotopic (exact) mass is 265 g/mol. The van der Waals surface area contributed by atoms with Crippen LogP contribution in [0.5, 0.6) is 0 Å². The van der Waals surface area contributed by atoms with Gasteiger partial charge in [0.2, 0.25) is 5.91 Å². The zero-order valence-electron chi connectivity index (χ0n) is 10.3. The summed E-state index contributed by atoms with van der Waals surface area (Å²) in [4.78, 5) is 23.7. The van der Waals surface area contributed by atoms with Gasteiger partial charge in [0.15, 0.2) is 0 Å². The number of nitro benzene ring substituents is 1. The van der Waals surface area contributed by atoms with Crippen LogP contribution in [0.15, 0.2) is 24.3 Å². The van der Waals surface area contributed by atoms with E-state index in [0.29, 0.717) is 25.2 Å². The maximum absolute atomic E-state index is 11.8. The van der Waals surface area contributed by atoms with E-state index in [2.05, 4.69) is 5.32 Å². The molecule has 1 heterocycles. The number of rotatable bonds is 4. The van der Waals surface area contributed by atoms with Crippen LogP contribution in [0.3, 0.4) is 0 Å². The third-order valence-corrected chi connectivity index (χ3v) is 3.05. The van der Waals surface area contributed by atoms with E-state index < -0.39 is 11.0 Å². The second kappa shape index (κ2) is 5.66. The lowest BCUT2D eigenvalue weighted by molar-refractivity contribution is -0.383. The maximum atomic E-state index is 11.8. The Hall–Kier alpha value is -2.15. The zero-order valence-corrected chi connectivity index (χ0v) is 10.3. The van der Waals surface area contributed by atoms with Gasteiger partial charge in [0, 0.05) is 19.2 Å². The number of likely N-dealkylation sites (tertiary alicyclic amines) is 1. The number of anilines is 1. The minimum absolute atomic E-state index is 0.0163. The van der Waals surface area contributed by atoms with Crippen molar-refractivity contribution < 1.29 is 14.8 Å². The number of para-hydroxylation sites is 2. The number of nitrogens with one attached hydrogen (secondary N) is 1. The molecule has 1 saturated heterocycles. The quantitative estimate of drug-likeness (QED) is 0.614. The number of amides is 1. The van der Waals surface area contributed by atoms with Crippen molar-refractivity contribution in [1.29, 1.82) is 0 Å². The summed E-state index contributed by atoms with van der Waals surface area (Å²) in [5.41, 5.74) is 0.261. The van der Waals surface area contributed by atoms with E-state index >= 15 is 0 Å². The third-order valence-electron chi connectivity index (χ3n) is 3.05. The van der Waals surface area contributed by atoms with Gasteiger partial charge in [0.05, 0.1) is 17.6 Å². The van der Waals surface area contributed by atoms with Crippen LogP contribution in [-0.4, -0.2) is 46.6 Å². The highest BCUT2D eigenvalue weighted by Gasteiger charge is 2.24. The largest absolute Gasteiger partial charge is 0.391 e. The van der Waals surface area contributed by atoms with Gasteiger partial charge >= 0.3 is 0 Å². The second-order valence-electron chi connectivity index (χ2n) is 4.41. The number of carbonyl (C=O) groups is 1. The predicted molar refractivity (Wildman–Crippen MR) is 68.8 cm³/mol. The molecule has 1 aliphatic rings. The van der Waals surface area contributed by atoms with Crippen LogP contribution in [0, 0.1) is 10.1 Å². The van der Waals surface area contributed by atoms with Crippen molar-refractivity contribution >= 4 is 17.3 Å². The van der Waals surface area contributed by atoms with Crippen LogP contribution in [-0.2, 0) is 4.79 Å². The van der Waals surface area contributed by atoms with Gasteiger partial charge in [-0.05, 0) is 12.5 Å². The van der Waals surface area contributed by atoms with E-state index in [1.165, 1.54) is 6.07 Å². The first-order valence-corrected chi connectivity index (χ1v) is 6.01. The van der Waals surface area contributed by atoms with Crippen molar-refractivity contribution in [3.05, 3.63) is 34.4 Å². The number of aliphatic hydroxyl groups is 1. The van der Waals surface area contributed by atoms with Crippen LogP contribution >= 0.6 is 0 Å². The molecule has 0 radical (unpaired) electrons. The van der Waals surface area contributed by atoms with E-state index in [1.54, 1.807) is 23.1 Å². The standard InChI is InChI=1S/C12H15N3O4/c16-9-5-6-14(8-9)12(17)7-13-10-3-1-2-4-11(10)15(18)19/h1-4,9,13,16H,5-8H2/t9-/m1/s1. The average Bonchev–Trinajstić information content (AvgIpc) is 2.83. The molecule has 0 saturated carbocycles. The molecular weight excluding hydrogens is 250 g/mol. The van der Waals surface area contributed by atoms with Crippen molar-refractivity contribution in [2.75, 3.05) is 25.0 Å². The number of carbonyl (C=O) groups excluding carboxylic acids is 1. The molecule has 1 aliphatic heterocycles. The Morgan fingerprint density at radius 2 is 2.26 bits per heavy atom. The summed E-state index contributed by atoms with van der Waals surface area (Å²) in [5.74, 6) is -0.172. The van der Waals surface area contributed by atoms with Gasteiger partial charge in [-0.3, -0.25) is 14.9 Å². The number of nitrogens with zero attached hydrogens (tertiary/aromatic N) is 2. The molecule has 102 valence electrons. The first kappa shape index (κ1) is 13.3. The SMILES string of the molecule is O=C(CNc1ccccc1[N+](=O)[O-])N1CC[C@@H](O)C1. The van der Waals surface area contributed by atoms with E-state index in [0.717, 1.165) is 0 Å². The lowest BCUT2D eigenvalue weighted by atomic mass is 10.2. The van der Waals surface area contributed by atoms with E-state index in [4.69, 9.17) is 0 Å². The normalized spacial score (nSPS) is 18.4. The average molecular weight is 265 g/mol. The van der Waals surface area contributed by atoms with Crippen molar-refractivity contribution in [3.63, 3.8) is 0 Å². The highest BCUT2D eigenvalue weighted by atomic mass is 16.6. The minimum Gasteiger partial charge on any atom is -0.391 e. The Labute approximate surface area is 110 Å². The summed E-state index contributed by atoms with van der Waals surface area (Å²) >= 11 is 0. The molecule has 1 fully saturated rings. The molecule has 1 aromatic rings. The van der Waals surface area contributed by atoms with Gasteiger partial charge in [0.1, 0.15) is 5.69 Å². The van der Waals surface area contributed by atoms with Gasteiger partial charge < -0.3 is 15.3 Å². The third kappa shape index (κ3) is 3.19. The lowest BCUT2D eigenvalue weighted by Gasteiger charge is -2.16. The highest BCUT2D eigenvalue weighted by Crippen LogP contribution is 2.22. The molecule has 0 unspecified atom stereocenters. The highest BCUT2D eigenvalue weighted by molar-refractivity contribution is 5.82.